The quantitative estimate of drug-likeness (QED) is 0.290. The monoisotopic (exact) mass is 346 g/mol. The molecule has 0 fully saturated rings. The maximum atomic E-state index is 11.7. The van der Waals surface area contributed by atoms with E-state index in [0.29, 0.717) is 6.61 Å². The van der Waals surface area contributed by atoms with Gasteiger partial charge in [0.2, 0.25) is 0 Å². The summed E-state index contributed by atoms with van der Waals surface area (Å²) in [5, 5.41) is 2.43. The molecule has 0 atom stereocenters. The van der Waals surface area contributed by atoms with Crippen LogP contribution in [0.4, 0.5) is 9.59 Å². The van der Waals surface area contributed by atoms with Gasteiger partial charge in [0.1, 0.15) is 0 Å². The van der Waals surface area contributed by atoms with Crippen LogP contribution in [0.25, 0.3) is 0 Å². The second kappa shape index (κ2) is 14.2. The van der Waals surface area contributed by atoms with Crippen LogP contribution in [0.1, 0.15) is 52.4 Å². The molecule has 0 spiro atoms. The minimum Gasteiger partial charge on any atom is -0.465 e. The fraction of sp³-hybridized carbons (Fsp3) is 0.800. The second-order valence-electron chi connectivity index (χ2n) is 5.20. The topological polar surface area (TPSA) is 83.0 Å². The highest BCUT2D eigenvalue weighted by Crippen LogP contribution is 2.07. The van der Waals surface area contributed by atoms with Crippen LogP contribution in [0.5, 0.6) is 0 Å². The number of rotatable bonds is 9. The lowest BCUT2D eigenvalue weighted by molar-refractivity contribution is 0.224. The van der Waals surface area contributed by atoms with Crippen LogP contribution in [0.15, 0.2) is 4.99 Å². The summed E-state index contributed by atoms with van der Waals surface area (Å²) in [6.45, 7) is 4.26. The average molecular weight is 346 g/mol. The fourth-order valence-corrected chi connectivity index (χ4v) is 2.25. The molecule has 8 heteroatoms. The normalized spacial score (nSPS) is 11.0. The summed E-state index contributed by atoms with van der Waals surface area (Å²) in [4.78, 5) is 28.2. The Morgan fingerprint density at radius 2 is 1.74 bits per heavy atom. The molecule has 0 aliphatic rings. The second-order valence-corrected chi connectivity index (χ2v) is 6.10. The largest absolute Gasteiger partial charge is 0.465 e. The van der Waals surface area contributed by atoms with Crippen LogP contribution < -0.4 is 10.0 Å². The molecule has 7 nitrogen and oxygen atoms in total. The third kappa shape index (κ3) is 12.8. The van der Waals surface area contributed by atoms with Crippen molar-refractivity contribution in [2.45, 2.75) is 52.4 Å². The molecule has 0 radical (unpaired) electrons. The van der Waals surface area contributed by atoms with Gasteiger partial charge in [-0.25, -0.2) is 9.59 Å². The van der Waals surface area contributed by atoms with Crippen molar-refractivity contribution >= 4 is 30.0 Å². The van der Waals surface area contributed by atoms with Crippen molar-refractivity contribution in [3.63, 3.8) is 0 Å². The Balaban J connectivity index is 3.94. The van der Waals surface area contributed by atoms with Gasteiger partial charge in [0, 0.05) is 19.8 Å². The zero-order valence-electron chi connectivity index (χ0n) is 14.7. The van der Waals surface area contributed by atoms with Crippen LogP contribution in [-0.4, -0.2) is 49.4 Å². The van der Waals surface area contributed by atoms with Crippen molar-refractivity contribution < 1.29 is 14.3 Å². The summed E-state index contributed by atoms with van der Waals surface area (Å²) in [6, 6.07) is -1.03. The lowest BCUT2D eigenvalue weighted by Crippen LogP contribution is -2.39. The summed E-state index contributed by atoms with van der Waals surface area (Å²) >= 11 is 1.34. The molecule has 0 saturated carbocycles. The Kier molecular flexibility index (Phi) is 13.3. The number of urea groups is 2. The van der Waals surface area contributed by atoms with Crippen molar-refractivity contribution in [1.82, 2.24) is 14.9 Å². The van der Waals surface area contributed by atoms with E-state index in [4.69, 9.17) is 4.74 Å². The maximum Gasteiger partial charge on any atom is 0.347 e. The predicted octanol–water partition coefficient (Wildman–Crippen LogP) is 3.37. The van der Waals surface area contributed by atoms with Gasteiger partial charge in [-0.3, -0.25) is 10.0 Å². The predicted molar refractivity (Wildman–Crippen MR) is 95.6 cm³/mol. The molecule has 0 heterocycles. The molecular formula is C15H30N4O3S. The highest BCUT2D eigenvalue weighted by Gasteiger charge is 2.10. The van der Waals surface area contributed by atoms with E-state index in [1.807, 2.05) is 0 Å². The van der Waals surface area contributed by atoms with E-state index in [-0.39, 0.29) is 6.02 Å². The van der Waals surface area contributed by atoms with Crippen molar-refractivity contribution in [3.8, 4) is 0 Å². The lowest BCUT2D eigenvalue weighted by atomic mass is 10.1. The molecule has 134 valence electrons. The first-order chi connectivity index (χ1) is 11.0. The first-order valence-corrected chi connectivity index (χ1v) is 9.11. The first-order valence-electron chi connectivity index (χ1n) is 8.12. The van der Waals surface area contributed by atoms with Gasteiger partial charge in [0.15, 0.2) is 0 Å². The lowest BCUT2D eigenvalue weighted by Gasteiger charge is -2.11. The van der Waals surface area contributed by atoms with Gasteiger partial charge in [-0.1, -0.05) is 39.0 Å². The highest BCUT2D eigenvalue weighted by atomic mass is 32.2. The van der Waals surface area contributed by atoms with Gasteiger partial charge in [-0.05, 0) is 25.3 Å². The number of hydrogen-bond acceptors (Lipinski definition) is 4. The Bertz CT molecular complexity index is 376. The number of unbranched alkanes of at least 4 members (excludes halogenated alkanes) is 5. The van der Waals surface area contributed by atoms with E-state index < -0.39 is 12.1 Å². The van der Waals surface area contributed by atoms with Crippen molar-refractivity contribution in [2.75, 3.05) is 26.5 Å². The minimum absolute atomic E-state index is 0.0936. The minimum atomic E-state index is -0.492. The van der Waals surface area contributed by atoms with Crippen molar-refractivity contribution in [3.05, 3.63) is 0 Å². The number of carbonyl (C=O) groups excluding carboxylic acids is 2. The molecule has 2 N–H and O–H groups in total. The number of hydrogen-bond donors (Lipinski definition) is 2. The molecular weight excluding hydrogens is 316 g/mol. The van der Waals surface area contributed by atoms with E-state index in [1.54, 1.807) is 21.0 Å². The highest BCUT2D eigenvalue weighted by molar-refractivity contribution is 7.97. The smallest absolute Gasteiger partial charge is 0.347 e. The van der Waals surface area contributed by atoms with Crippen LogP contribution in [0.2, 0.25) is 0 Å². The van der Waals surface area contributed by atoms with Gasteiger partial charge in [-0.2, -0.15) is 0 Å². The van der Waals surface area contributed by atoms with Gasteiger partial charge < -0.3 is 9.64 Å². The fourth-order valence-electron chi connectivity index (χ4n) is 1.61. The molecule has 0 aliphatic heterocycles. The summed E-state index contributed by atoms with van der Waals surface area (Å²) in [5.41, 5.74) is 0. The van der Waals surface area contributed by atoms with Gasteiger partial charge in [0.25, 0.3) is 0 Å². The summed E-state index contributed by atoms with van der Waals surface area (Å²) in [6.07, 6.45) is 7.31. The number of aliphatic imine (C=N–C) groups is 1. The molecule has 0 rings (SSSR count). The van der Waals surface area contributed by atoms with E-state index in [2.05, 4.69) is 22.0 Å². The van der Waals surface area contributed by atoms with Gasteiger partial charge in [0.05, 0.1) is 6.61 Å². The van der Waals surface area contributed by atoms with E-state index in [0.717, 1.165) is 12.2 Å². The zero-order valence-corrected chi connectivity index (χ0v) is 15.5. The summed E-state index contributed by atoms with van der Waals surface area (Å²) in [7, 11) is 3.15. The Hall–Kier alpha value is -1.44. The van der Waals surface area contributed by atoms with Crippen LogP contribution in [-0.2, 0) is 4.74 Å². The molecule has 0 aromatic carbocycles. The van der Waals surface area contributed by atoms with Crippen LogP contribution in [0.3, 0.4) is 0 Å². The molecule has 0 saturated heterocycles. The van der Waals surface area contributed by atoms with Gasteiger partial charge >= 0.3 is 18.1 Å². The SMILES string of the molecule is CCCCCCCCSNC(=O)NC(=NC(=O)N(C)C)OCC. The number of amidine groups is 1. The third-order valence-corrected chi connectivity index (χ3v) is 3.67. The summed E-state index contributed by atoms with van der Waals surface area (Å²) < 4.78 is 7.79. The molecule has 4 amide bonds. The van der Waals surface area contributed by atoms with E-state index in [9.17, 15) is 9.59 Å². The number of amides is 4. The summed E-state index contributed by atoms with van der Waals surface area (Å²) in [5.74, 6) is 0.858. The van der Waals surface area contributed by atoms with Crippen molar-refractivity contribution in [2.24, 2.45) is 4.99 Å². The number of ether oxygens (including phenoxy) is 1. The molecule has 23 heavy (non-hydrogen) atoms. The standard InChI is InChI=1S/C15H30N4O3S/c1-5-7-8-9-10-11-12-23-18-13(20)16-14(22-6-2)17-15(21)19(3)4/h5-12H2,1-4H3,(H2,16,17,18,20,21). The Morgan fingerprint density at radius 1 is 1.09 bits per heavy atom. The third-order valence-electron chi connectivity index (χ3n) is 2.85. The average Bonchev–Trinajstić information content (AvgIpc) is 2.50. The maximum absolute atomic E-state index is 11.7. The van der Waals surface area contributed by atoms with Gasteiger partial charge in [-0.15, -0.1) is 4.99 Å². The number of nitrogens with zero attached hydrogens (tertiary/aromatic N) is 2. The number of nitrogens with one attached hydrogen (secondary N) is 2. The van der Waals surface area contributed by atoms with Crippen molar-refractivity contribution in [1.29, 1.82) is 0 Å². The number of carbonyl (C=O) groups is 2. The molecule has 0 aromatic rings. The van der Waals surface area contributed by atoms with Crippen LogP contribution in [0, 0.1) is 0 Å². The first kappa shape index (κ1) is 21.6. The van der Waals surface area contributed by atoms with E-state index in [1.165, 1.54) is 49.0 Å². The molecule has 0 aliphatic carbocycles. The zero-order chi connectivity index (χ0) is 17.5. The molecule has 0 aromatic heterocycles. The Labute approximate surface area is 143 Å². The van der Waals surface area contributed by atoms with E-state index >= 15 is 0 Å². The molecule has 0 bridgehead atoms. The molecule has 0 unspecified atom stereocenters. The Morgan fingerprint density at radius 3 is 2.35 bits per heavy atom. The van der Waals surface area contributed by atoms with Crippen LogP contribution >= 0.6 is 11.9 Å².